The molecule has 0 aliphatic heterocycles. The maximum absolute atomic E-state index is 12.2. The van der Waals surface area contributed by atoms with Gasteiger partial charge in [-0.15, -0.1) is 0 Å². The Morgan fingerprint density at radius 1 is 0.800 bits per heavy atom. The lowest BCUT2D eigenvalue weighted by Crippen LogP contribution is -2.44. The molecule has 2 rings (SSSR count). The summed E-state index contributed by atoms with van der Waals surface area (Å²) in [5.41, 5.74) is 5.92. The van der Waals surface area contributed by atoms with E-state index in [4.69, 9.17) is 5.73 Å². The zero-order valence-electron chi connectivity index (χ0n) is 17.1. The molecule has 0 heterocycles. The molecule has 0 saturated heterocycles. The minimum absolute atomic E-state index is 0.159. The molecule has 6 nitrogen and oxygen atoms in total. The topological polar surface area (TPSA) is 106 Å². The molecule has 0 radical (unpaired) electrons. The Balaban J connectivity index is 1.61. The first-order valence-electron chi connectivity index (χ1n) is 10.3. The van der Waals surface area contributed by atoms with E-state index in [-0.39, 0.29) is 11.7 Å². The molecule has 7 heteroatoms. The van der Waals surface area contributed by atoms with Crippen molar-refractivity contribution in [2.75, 3.05) is 5.75 Å². The zero-order valence-corrected chi connectivity index (χ0v) is 17.9. The molecular formula is C23H30N2O4S. The molecule has 0 aliphatic rings. The average molecular weight is 431 g/mol. The average Bonchev–Trinajstić information content (AvgIpc) is 2.75. The van der Waals surface area contributed by atoms with Crippen LogP contribution in [0.5, 0.6) is 0 Å². The number of hydrogen-bond acceptors (Lipinski definition) is 4. The van der Waals surface area contributed by atoms with Gasteiger partial charge in [0.25, 0.3) is 5.91 Å². The molecule has 162 valence electrons. The highest BCUT2D eigenvalue weighted by Gasteiger charge is 2.18. The first-order chi connectivity index (χ1) is 14.4. The van der Waals surface area contributed by atoms with Gasteiger partial charge in [-0.2, -0.15) is 0 Å². The van der Waals surface area contributed by atoms with Gasteiger partial charge in [-0.25, -0.2) is 8.42 Å². The third kappa shape index (κ3) is 7.99. The molecule has 3 N–H and O–H groups in total. The number of rotatable bonds is 13. The lowest BCUT2D eigenvalue weighted by molar-refractivity contribution is -0.120. The first kappa shape index (κ1) is 23.6. The van der Waals surface area contributed by atoms with Gasteiger partial charge in [-0.05, 0) is 37.1 Å². The summed E-state index contributed by atoms with van der Waals surface area (Å²) >= 11 is 0. The van der Waals surface area contributed by atoms with Gasteiger partial charge >= 0.3 is 0 Å². The highest BCUT2D eigenvalue weighted by molar-refractivity contribution is 7.91. The van der Waals surface area contributed by atoms with Gasteiger partial charge in [0.15, 0.2) is 9.84 Å². The maximum atomic E-state index is 12.2. The Morgan fingerprint density at radius 3 is 1.93 bits per heavy atom. The van der Waals surface area contributed by atoms with Crippen molar-refractivity contribution in [2.45, 2.75) is 55.9 Å². The zero-order chi connectivity index (χ0) is 21.8. The van der Waals surface area contributed by atoms with Gasteiger partial charge in [0, 0.05) is 5.56 Å². The monoisotopic (exact) mass is 430 g/mol. The van der Waals surface area contributed by atoms with E-state index in [9.17, 15) is 18.0 Å². The summed E-state index contributed by atoms with van der Waals surface area (Å²) in [6, 6.07) is 16.5. The standard InChI is InChI=1S/C23H30N2O4S/c24-22(26)21(25-23(27)19-13-7-5-8-14-19)17-11-3-1-2-4-12-18-30(28,29)20-15-9-6-10-16-20/h5-10,13-16,21H,1-4,11-12,17-18H2,(H2,24,26)(H,25,27). The summed E-state index contributed by atoms with van der Waals surface area (Å²) < 4.78 is 24.4. The summed E-state index contributed by atoms with van der Waals surface area (Å²) in [6.07, 6.45) is 5.52. The molecule has 1 atom stereocenters. The van der Waals surface area contributed by atoms with Crippen molar-refractivity contribution < 1.29 is 18.0 Å². The number of amides is 2. The second kappa shape index (κ2) is 12.1. The second-order valence-corrected chi connectivity index (χ2v) is 9.45. The van der Waals surface area contributed by atoms with E-state index in [2.05, 4.69) is 5.32 Å². The van der Waals surface area contributed by atoms with E-state index < -0.39 is 21.8 Å². The highest BCUT2D eigenvalue weighted by Crippen LogP contribution is 2.14. The van der Waals surface area contributed by atoms with Crippen LogP contribution in [0.2, 0.25) is 0 Å². The number of nitrogens with two attached hydrogens (primary N) is 1. The third-order valence-electron chi connectivity index (χ3n) is 4.94. The minimum Gasteiger partial charge on any atom is -0.368 e. The number of unbranched alkanes of at least 4 members (excludes halogenated alkanes) is 5. The van der Waals surface area contributed by atoms with Crippen molar-refractivity contribution in [3.63, 3.8) is 0 Å². The van der Waals surface area contributed by atoms with E-state index in [1.807, 2.05) is 6.07 Å². The Kier molecular flexibility index (Phi) is 9.54. The molecule has 0 spiro atoms. The molecule has 1 unspecified atom stereocenters. The van der Waals surface area contributed by atoms with Crippen molar-refractivity contribution in [2.24, 2.45) is 5.73 Å². The molecule has 0 aliphatic carbocycles. The molecule has 30 heavy (non-hydrogen) atoms. The van der Waals surface area contributed by atoms with Crippen molar-refractivity contribution in [1.82, 2.24) is 5.32 Å². The van der Waals surface area contributed by atoms with Crippen LogP contribution in [0.25, 0.3) is 0 Å². The number of carbonyl (C=O) groups is 2. The van der Waals surface area contributed by atoms with Crippen LogP contribution >= 0.6 is 0 Å². The van der Waals surface area contributed by atoms with Crippen LogP contribution in [-0.4, -0.2) is 32.0 Å². The summed E-state index contributed by atoms with van der Waals surface area (Å²) in [7, 11) is -3.20. The van der Waals surface area contributed by atoms with Crippen LogP contribution in [0.3, 0.4) is 0 Å². The molecular weight excluding hydrogens is 400 g/mol. The predicted octanol–water partition coefficient (Wildman–Crippen LogP) is 3.47. The van der Waals surface area contributed by atoms with Crippen LogP contribution in [0.15, 0.2) is 65.6 Å². The largest absolute Gasteiger partial charge is 0.368 e. The quantitative estimate of drug-likeness (QED) is 0.475. The van der Waals surface area contributed by atoms with Gasteiger partial charge in [0.2, 0.25) is 5.91 Å². The predicted molar refractivity (Wildman–Crippen MR) is 118 cm³/mol. The van der Waals surface area contributed by atoms with Crippen molar-refractivity contribution in [3.05, 3.63) is 66.2 Å². The van der Waals surface area contributed by atoms with Gasteiger partial charge in [0.1, 0.15) is 6.04 Å². The number of primary amides is 1. The van der Waals surface area contributed by atoms with Crippen LogP contribution < -0.4 is 11.1 Å². The smallest absolute Gasteiger partial charge is 0.251 e. The van der Waals surface area contributed by atoms with E-state index >= 15 is 0 Å². The van der Waals surface area contributed by atoms with E-state index in [0.29, 0.717) is 23.3 Å². The fraction of sp³-hybridized carbons (Fsp3) is 0.391. The molecule has 0 saturated carbocycles. The lowest BCUT2D eigenvalue weighted by atomic mass is 10.0. The maximum Gasteiger partial charge on any atom is 0.251 e. The summed E-state index contributed by atoms with van der Waals surface area (Å²) in [5.74, 6) is -0.684. The van der Waals surface area contributed by atoms with Gasteiger partial charge in [-0.1, -0.05) is 68.5 Å². The first-order valence-corrected chi connectivity index (χ1v) is 12.0. The lowest BCUT2D eigenvalue weighted by Gasteiger charge is -2.15. The molecule has 2 aromatic carbocycles. The second-order valence-electron chi connectivity index (χ2n) is 7.34. The molecule has 2 amide bonds. The van der Waals surface area contributed by atoms with E-state index in [1.165, 1.54) is 0 Å². The van der Waals surface area contributed by atoms with Gasteiger partial charge < -0.3 is 11.1 Å². The molecule has 0 aromatic heterocycles. The summed E-state index contributed by atoms with van der Waals surface area (Å²) in [4.78, 5) is 24.2. The Morgan fingerprint density at radius 2 is 1.33 bits per heavy atom. The molecule has 0 bridgehead atoms. The number of benzene rings is 2. The number of carbonyl (C=O) groups excluding carboxylic acids is 2. The van der Waals surface area contributed by atoms with Gasteiger partial charge in [-0.3, -0.25) is 9.59 Å². The Labute approximate surface area is 178 Å². The highest BCUT2D eigenvalue weighted by atomic mass is 32.2. The van der Waals surface area contributed by atoms with Crippen LogP contribution in [0.4, 0.5) is 0 Å². The van der Waals surface area contributed by atoms with Crippen LogP contribution in [0.1, 0.15) is 55.3 Å². The van der Waals surface area contributed by atoms with Gasteiger partial charge in [0.05, 0.1) is 10.6 Å². The van der Waals surface area contributed by atoms with E-state index in [1.54, 1.807) is 54.6 Å². The van der Waals surface area contributed by atoms with Crippen molar-refractivity contribution in [1.29, 1.82) is 0 Å². The van der Waals surface area contributed by atoms with Crippen molar-refractivity contribution in [3.8, 4) is 0 Å². The van der Waals surface area contributed by atoms with E-state index in [0.717, 1.165) is 32.1 Å². The summed E-state index contributed by atoms with van der Waals surface area (Å²) in [6.45, 7) is 0. The fourth-order valence-corrected chi connectivity index (χ4v) is 4.60. The van der Waals surface area contributed by atoms with Crippen LogP contribution in [-0.2, 0) is 14.6 Å². The van der Waals surface area contributed by atoms with Crippen LogP contribution in [0, 0.1) is 0 Å². The SMILES string of the molecule is NC(=O)C(CCCCCCCCS(=O)(=O)c1ccccc1)NC(=O)c1ccccc1. The normalized spacial score (nSPS) is 12.3. The number of sulfone groups is 1. The number of nitrogens with one attached hydrogen (secondary N) is 1. The Hall–Kier alpha value is -2.67. The minimum atomic E-state index is -3.20. The molecule has 0 fully saturated rings. The molecule has 2 aromatic rings. The third-order valence-corrected chi connectivity index (χ3v) is 6.76. The van der Waals surface area contributed by atoms with Crippen molar-refractivity contribution >= 4 is 21.7 Å². The summed E-state index contributed by atoms with van der Waals surface area (Å²) in [5, 5.41) is 2.70. The fourth-order valence-electron chi connectivity index (χ4n) is 3.21. The number of hydrogen-bond donors (Lipinski definition) is 2. The Bertz CT molecular complexity index is 899.